The van der Waals surface area contributed by atoms with Crippen molar-refractivity contribution in [1.82, 2.24) is 5.32 Å². The molecule has 0 aromatic heterocycles. The summed E-state index contributed by atoms with van der Waals surface area (Å²) in [6, 6.07) is 8.29. The Morgan fingerprint density at radius 3 is 2.76 bits per heavy atom. The predicted octanol–water partition coefficient (Wildman–Crippen LogP) is 3.90. The highest BCUT2D eigenvalue weighted by Crippen LogP contribution is 2.39. The zero-order chi connectivity index (χ0) is 11.8. The molecule has 1 heterocycles. The average molecular weight is 229 g/mol. The molecule has 1 heteroatoms. The highest BCUT2D eigenvalue weighted by molar-refractivity contribution is 5.33. The van der Waals surface area contributed by atoms with Gasteiger partial charge in [-0.2, -0.15) is 0 Å². The SMILES string of the molecule is Cc1ccc(C)c(C2CC3CCCCC3N2)c1. The lowest BCUT2D eigenvalue weighted by atomic mass is 9.84. The predicted molar refractivity (Wildman–Crippen MR) is 72.2 cm³/mol. The number of hydrogen-bond acceptors (Lipinski definition) is 1. The molecule has 2 aliphatic rings. The molecular formula is C16H23N. The Morgan fingerprint density at radius 2 is 1.94 bits per heavy atom. The van der Waals surface area contributed by atoms with E-state index in [1.54, 1.807) is 5.56 Å². The van der Waals surface area contributed by atoms with Crippen LogP contribution in [-0.2, 0) is 0 Å². The Morgan fingerprint density at radius 1 is 1.12 bits per heavy atom. The quantitative estimate of drug-likeness (QED) is 0.770. The molecule has 3 unspecified atom stereocenters. The van der Waals surface area contributed by atoms with Crippen molar-refractivity contribution in [3.8, 4) is 0 Å². The summed E-state index contributed by atoms with van der Waals surface area (Å²) in [6.45, 7) is 4.45. The molecule has 1 N–H and O–H groups in total. The zero-order valence-electron chi connectivity index (χ0n) is 11.0. The minimum absolute atomic E-state index is 0.614. The van der Waals surface area contributed by atoms with E-state index in [0.29, 0.717) is 6.04 Å². The van der Waals surface area contributed by atoms with Gasteiger partial charge in [-0.25, -0.2) is 0 Å². The number of benzene rings is 1. The van der Waals surface area contributed by atoms with Crippen LogP contribution < -0.4 is 5.32 Å². The van der Waals surface area contributed by atoms with Crippen molar-refractivity contribution in [3.63, 3.8) is 0 Å². The summed E-state index contributed by atoms with van der Waals surface area (Å²) in [5, 5.41) is 3.88. The highest BCUT2D eigenvalue weighted by Gasteiger charge is 2.35. The highest BCUT2D eigenvalue weighted by atomic mass is 15.0. The fourth-order valence-electron chi connectivity index (χ4n) is 3.69. The molecule has 1 nitrogen and oxygen atoms in total. The van der Waals surface area contributed by atoms with Gasteiger partial charge in [-0.1, -0.05) is 36.6 Å². The molecule has 92 valence electrons. The molecule has 2 fully saturated rings. The van der Waals surface area contributed by atoms with E-state index in [-0.39, 0.29) is 0 Å². The lowest BCUT2D eigenvalue weighted by Crippen LogP contribution is -2.30. The van der Waals surface area contributed by atoms with Crippen LogP contribution in [0, 0.1) is 19.8 Å². The van der Waals surface area contributed by atoms with E-state index in [2.05, 4.69) is 37.4 Å². The van der Waals surface area contributed by atoms with Crippen molar-refractivity contribution >= 4 is 0 Å². The van der Waals surface area contributed by atoms with E-state index in [1.165, 1.54) is 43.2 Å². The number of rotatable bonds is 1. The van der Waals surface area contributed by atoms with Gasteiger partial charge in [0.25, 0.3) is 0 Å². The van der Waals surface area contributed by atoms with E-state index in [9.17, 15) is 0 Å². The lowest BCUT2D eigenvalue weighted by Gasteiger charge is -2.24. The first-order valence-corrected chi connectivity index (χ1v) is 7.07. The van der Waals surface area contributed by atoms with Gasteiger partial charge in [-0.15, -0.1) is 0 Å². The van der Waals surface area contributed by atoms with Crippen LogP contribution in [0.4, 0.5) is 0 Å². The van der Waals surface area contributed by atoms with Gasteiger partial charge >= 0.3 is 0 Å². The van der Waals surface area contributed by atoms with Crippen molar-refractivity contribution in [1.29, 1.82) is 0 Å². The summed E-state index contributed by atoms with van der Waals surface area (Å²) in [6.07, 6.45) is 7.07. The van der Waals surface area contributed by atoms with E-state index in [4.69, 9.17) is 0 Å². The minimum Gasteiger partial charge on any atom is -0.307 e. The van der Waals surface area contributed by atoms with Crippen LogP contribution in [-0.4, -0.2) is 6.04 Å². The van der Waals surface area contributed by atoms with Gasteiger partial charge in [-0.05, 0) is 50.2 Å². The van der Waals surface area contributed by atoms with Gasteiger partial charge in [-0.3, -0.25) is 0 Å². The van der Waals surface area contributed by atoms with Crippen molar-refractivity contribution in [2.45, 2.75) is 58.0 Å². The molecule has 1 saturated heterocycles. The summed E-state index contributed by atoms with van der Waals surface area (Å²) < 4.78 is 0. The maximum Gasteiger partial charge on any atom is 0.0328 e. The van der Waals surface area contributed by atoms with Gasteiger partial charge < -0.3 is 5.32 Å². The second kappa shape index (κ2) is 4.45. The first-order chi connectivity index (χ1) is 8.24. The summed E-state index contributed by atoms with van der Waals surface area (Å²) in [4.78, 5) is 0. The summed E-state index contributed by atoms with van der Waals surface area (Å²) in [7, 11) is 0. The number of hydrogen-bond donors (Lipinski definition) is 1. The van der Waals surface area contributed by atoms with Crippen LogP contribution in [0.5, 0.6) is 0 Å². The van der Waals surface area contributed by atoms with Crippen molar-refractivity contribution in [2.75, 3.05) is 0 Å². The van der Waals surface area contributed by atoms with Crippen LogP contribution in [0.15, 0.2) is 18.2 Å². The van der Waals surface area contributed by atoms with Gasteiger partial charge in [0.2, 0.25) is 0 Å². The average Bonchev–Trinajstić information content (AvgIpc) is 2.75. The molecule has 0 radical (unpaired) electrons. The van der Waals surface area contributed by atoms with Gasteiger partial charge in [0, 0.05) is 12.1 Å². The van der Waals surface area contributed by atoms with E-state index >= 15 is 0 Å². The molecule has 0 amide bonds. The van der Waals surface area contributed by atoms with Crippen molar-refractivity contribution in [3.05, 3.63) is 34.9 Å². The van der Waals surface area contributed by atoms with E-state index in [1.807, 2.05) is 0 Å². The van der Waals surface area contributed by atoms with Gasteiger partial charge in [0.05, 0.1) is 0 Å². The normalized spacial score (nSPS) is 32.5. The third-order valence-electron chi connectivity index (χ3n) is 4.67. The fraction of sp³-hybridized carbons (Fsp3) is 0.625. The summed E-state index contributed by atoms with van der Waals surface area (Å²) in [5.41, 5.74) is 4.38. The van der Waals surface area contributed by atoms with Crippen molar-refractivity contribution < 1.29 is 0 Å². The molecule has 0 spiro atoms. The van der Waals surface area contributed by atoms with Crippen molar-refractivity contribution in [2.24, 2.45) is 5.92 Å². The summed E-state index contributed by atoms with van der Waals surface area (Å²) in [5.74, 6) is 0.939. The Kier molecular flexibility index (Phi) is 2.96. The van der Waals surface area contributed by atoms with Gasteiger partial charge in [0.15, 0.2) is 0 Å². The van der Waals surface area contributed by atoms with Crippen LogP contribution >= 0.6 is 0 Å². The number of fused-ring (bicyclic) bond motifs is 1. The first kappa shape index (κ1) is 11.3. The topological polar surface area (TPSA) is 12.0 Å². The molecule has 0 bridgehead atoms. The van der Waals surface area contributed by atoms with Crippen LogP contribution in [0.25, 0.3) is 0 Å². The van der Waals surface area contributed by atoms with Crippen LogP contribution in [0.3, 0.4) is 0 Å². The maximum absolute atomic E-state index is 3.88. The Hall–Kier alpha value is -0.820. The molecule has 1 aromatic rings. The third-order valence-corrected chi connectivity index (χ3v) is 4.67. The molecule has 3 atom stereocenters. The van der Waals surface area contributed by atoms with Crippen LogP contribution in [0.2, 0.25) is 0 Å². The maximum atomic E-state index is 3.88. The van der Waals surface area contributed by atoms with Crippen LogP contribution in [0.1, 0.15) is 54.8 Å². The molecule has 17 heavy (non-hydrogen) atoms. The molecular weight excluding hydrogens is 206 g/mol. The second-order valence-corrected chi connectivity index (χ2v) is 5.97. The molecule has 1 saturated carbocycles. The first-order valence-electron chi connectivity index (χ1n) is 7.07. The molecule has 1 aliphatic heterocycles. The lowest BCUT2D eigenvalue weighted by molar-refractivity contribution is 0.325. The third kappa shape index (κ3) is 2.13. The molecule has 1 aromatic carbocycles. The fourth-order valence-corrected chi connectivity index (χ4v) is 3.69. The Labute approximate surface area is 105 Å². The molecule has 1 aliphatic carbocycles. The Bertz CT molecular complexity index is 396. The zero-order valence-corrected chi connectivity index (χ0v) is 11.0. The van der Waals surface area contributed by atoms with E-state index in [0.717, 1.165) is 12.0 Å². The monoisotopic (exact) mass is 229 g/mol. The number of aryl methyl sites for hydroxylation is 2. The minimum atomic E-state index is 0.614. The largest absolute Gasteiger partial charge is 0.307 e. The van der Waals surface area contributed by atoms with E-state index < -0.39 is 0 Å². The number of nitrogens with one attached hydrogen (secondary N) is 1. The Balaban J connectivity index is 1.83. The smallest absolute Gasteiger partial charge is 0.0328 e. The standard InChI is InChI=1S/C16H23N/c1-11-7-8-12(2)14(9-11)16-10-13-5-3-4-6-15(13)17-16/h7-9,13,15-17H,3-6,10H2,1-2H3. The van der Waals surface area contributed by atoms with Gasteiger partial charge in [0.1, 0.15) is 0 Å². The second-order valence-electron chi connectivity index (χ2n) is 5.97. The molecule has 3 rings (SSSR count). The summed E-state index contributed by atoms with van der Waals surface area (Å²) >= 11 is 0.